The molecule has 0 bridgehead atoms. The second-order valence-corrected chi connectivity index (χ2v) is 8.07. The molecule has 0 N–H and O–H groups in total. The van der Waals surface area contributed by atoms with Gasteiger partial charge in [0.1, 0.15) is 0 Å². The van der Waals surface area contributed by atoms with E-state index < -0.39 is 16.6 Å². The average molecular weight is 346 g/mol. The van der Waals surface area contributed by atoms with E-state index in [-0.39, 0.29) is 0 Å². The van der Waals surface area contributed by atoms with E-state index in [1.165, 1.54) is 10.1 Å². The third-order valence-electron chi connectivity index (χ3n) is 6.08. The zero-order valence-corrected chi connectivity index (χ0v) is 16.7. The average Bonchev–Trinajstić information content (AvgIpc) is 2.79. The van der Waals surface area contributed by atoms with Crippen LogP contribution in [0.1, 0.15) is 85.3 Å². The van der Waals surface area contributed by atoms with Gasteiger partial charge in [-0.25, -0.2) is 5.01 Å². The molecular formula is C20H32N3O2. The summed E-state index contributed by atoms with van der Waals surface area (Å²) < 4.78 is 0. The smallest absolute Gasteiger partial charge is 0.0751 e. The van der Waals surface area contributed by atoms with Gasteiger partial charge in [-0.2, -0.15) is 0 Å². The van der Waals surface area contributed by atoms with Crippen molar-refractivity contribution in [2.45, 2.75) is 90.8 Å². The third-order valence-corrected chi connectivity index (χ3v) is 6.08. The normalized spacial score (nSPS) is 18.9. The number of nitrogens with zero attached hydrogens (tertiary/aromatic N) is 3. The summed E-state index contributed by atoms with van der Waals surface area (Å²) in [5.74, 6) is 0. The SMILES string of the molecule is CCC1(CC)c2ccc(N(N=O)C(C)(C)C)cc2C(CC)(CC)N1[O]. The summed E-state index contributed by atoms with van der Waals surface area (Å²) in [6, 6.07) is 5.99. The Balaban J connectivity index is 2.74. The zero-order chi connectivity index (χ0) is 19.0. The lowest BCUT2D eigenvalue weighted by atomic mass is 9.82. The monoisotopic (exact) mass is 346 g/mol. The summed E-state index contributed by atoms with van der Waals surface area (Å²) >= 11 is 0. The molecule has 1 radical (unpaired) electrons. The van der Waals surface area contributed by atoms with Gasteiger partial charge in [-0.1, -0.05) is 33.8 Å². The molecule has 1 aromatic carbocycles. The van der Waals surface area contributed by atoms with Crippen molar-refractivity contribution in [1.82, 2.24) is 5.06 Å². The Hall–Kier alpha value is -1.46. The summed E-state index contributed by atoms with van der Waals surface area (Å²) in [7, 11) is 0. The topological polar surface area (TPSA) is 55.8 Å². The van der Waals surface area contributed by atoms with E-state index in [2.05, 4.69) is 33.0 Å². The number of benzene rings is 1. The lowest BCUT2D eigenvalue weighted by molar-refractivity contribution is -0.287. The Morgan fingerprint density at radius 3 is 1.84 bits per heavy atom. The molecule has 0 amide bonds. The van der Waals surface area contributed by atoms with Crippen LogP contribution in [0.5, 0.6) is 0 Å². The largest absolute Gasteiger partial charge is 0.224 e. The maximum absolute atomic E-state index is 13.5. The number of nitroso groups, excluding NO2 is 1. The van der Waals surface area contributed by atoms with Crippen LogP contribution in [0, 0.1) is 4.91 Å². The molecule has 0 aromatic heterocycles. The van der Waals surface area contributed by atoms with Gasteiger partial charge in [0.25, 0.3) is 0 Å². The second-order valence-electron chi connectivity index (χ2n) is 8.07. The van der Waals surface area contributed by atoms with Crippen LogP contribution in [0.15, 0.2) is 23.5 Å². The minimum atomic E-state index is -0.538. The summed E-state index contributed by atoms with van der Waals surface area (Å²) in [5, 5.41) is 19.6. The van der Waals surface area contributed by atoms with E-state index >= 15 is 0 Å². The molecule has 5 nitrogen and oxygen atoms in total. The van der Waals surface area contributed by atoms with Crippen LogP contribution in [0.2, 0.25) is 0 Å². The fourth-order valence-electron chi connectivity index (χ4n) is 4.48. The molecule has 1 aromatic rings. The highest BCUT2D eigenvalue weighted by Crippen LogP contribution is 2.55. The van der Waals surface area contributed by atoms with Crippen LogP contribution < -0.4 is 5.01 Å². The standard InChI is InChI=1S/C20H32N3O2/c1-8-19(9-2)16-13-12-15(22(21-24)18(5,6)7)14-17(16)20(10-3,11-4)23(19)25/h12-14H,8-11H2,1-7H3. The highest BCUT2D eigenvalue weighted by atomic mass is 16.5. The van der Waals surface area contributed by atoms with Gasteiger partial charge in [0.15, 0.2) is 0 Å². The molecule has 0 unspecified atom stereocenters. The predicted octanol–water partition coefficient (Wildman–Crippen LogP) is 5.66. The van der Waals surface area contributed by atoms with Crippen LogP contribution in [0.4, 0.5) is 5.69 Å². The third kappa shape index (κ3) is 2.68. The van der Waals surface area contributed by atoms with Gasteiger partial charge in [-0.3, -0.25) is 0 Å². The van der Waals surface area contributed by atoms with Gasteiger partial charge in [0, 0.05) is 0 Å². The maximum atomic E-state index is 13.5. The Kier molecular flexibility index (Phi) is 5.31. The van der Waals surface area contributed by atoms with Crippen molar-refractivity contribution in [2.75, 3.05) is 5.01 Å². The molecule has 0 spiro atoms. The maximum Gasteiger partial charge on any atom is 0.0751 e. The van der Waals surface area contributed by atoms with E-state index in [9.17, 15) is 10.1 Å². The van der Waals surface area contributed by atoms with Gasteiger partial charge in [0.05, 0.1) is 27.6 Å². The minimum Gasteiger partial charge on any atom is -0.224 e. The molecule has 0 aliphatic carbocycles. The molecule has 5 heteroatoms. The molecule has 1 heterocycles. The van der Waals surface area contributed by atoms with Crippen molar-refractivity contribution in [3.63, 3.8) is 0 Å². The molecule has 1 aliphatic heterocycles. The van der Waals surface area contributed by atoms with Crippen LogP contribution in [0.3, 0.4) is 0 Å². The number of anilines is 1. The highest BCUT2D eigenvalue weighted by molar-refractivity contribution is 5.57. The van der Waals surface area contributed by atoms with Gasteiger partial charge < -0.3 is 0 Å². The first-order valence-electron chi connectivity index (χ1n) is 9.44. The van der Waals surface area contributed by atoms with Crippen molar-refractivity contribution in [1.29, 1.82) is 0 Å². The highest BCUT2D eigenvalue weighted by Gasteiger charge is 2.56. The van der Waals surface area contributed by atoms with Crippen molar-refractivity contribution in [2.24, 2.45) is 5.29 Å². The number of rotatable bonds is 6. The fraction of sp³-hybridized carbons (Fsp3) is 0.700. The first-order chi connectivity index (χ1) is 11.7. The number of hydrogen-bond donors (Lipinski definition) is 0. The minimum absolute atomic E-state index is 0.417. The summed E-state index contributed by atoms with van der Waals surface area (Å²) in [6.07, 6.45) is 3.04. The van der Waals surface area contributed by atoms with E-state index in [1.54, 1.807) is 0 Å². The predicted molar refractivity (Wildman–Crippen MR) is 102 cm³/mol. The van der Waals surface area contributed by atoms with Gasteiger partial charge >= 0.3 is 0 Å². The molecule has 1 aliphatic rings. The van der Waals surface area contributed by atoms with E-state index in [0.29, 0.717) is 0 Å². The van der Waals surface area contributed by atoms with Crippen molar-refractivity contribution < 1.29 is 5.21 Å². The molecule has 25 heavy (non-hydrogen) atoms. The van der Waals surface area contributed by atoms with Crippen LogP contribution >= 0.6 is 0 Å². The lowest BCUT2D eigenvalue weighted by Gasteiger charge is -2.40. The first-order valence-corrected chi connectivity index (χ1v) is 9.44. The van der Waals surface area contributed by atoms with Crippen molar-refractivity contribution in [3.05, 3.63) is 34.2 Å². The molecular weight excluding hydrogens is 314 g/mol. The second kappa shape index (κ2) is 6.69. The van der Waals surface area contributed by atoms with Gasteiger partial charge in [0.2, 0.25) is 0 Å². The van der Waals surface area contributed by atoms with Gasteiger partial charge in [-0.05, 0) is 69.7 Å². The zero-order valence-electron chi connectivity index (χ0n) is 16.7. The lowest BCUT2D eigenvalue weighted by Crippen LogP contribution is -2.47. The Morgan fingerprint density at radius 1 is 0.960 bits per heavy atom. The van der Waals surface area contributed by atoms with E-state index in [1.807, 2.05) is 39.0 Å². The summed E-state index contributed by atoms with van der Waals surface area (Å²) in [4.78, 5) is 11.5. The fourth-order valence-corrected chi connectivity index (χ4v) is 4.48. The van der Waals surface area contributed by atoms with Crippen molar-refractivity contribution >= 4 is 5.69 Å². The van der Waals surface area contributed by atoms with Crippen LogP contribution in [-0.2, 0) is 16.3 Å². The van der Waals surface area contributed by atoms with E-state index in [0.717, 1.165) is 42.5 Å². The molecule has 2 rings (SSSR count). The number of hydrogen-bond acceptors (Lipinski definition) is 3. The van der Waals surface area contributed by atoms with Gasteiger partial charge in [-0.15, -0.1) is 15.2 Å². The Labute approximate surface area is 151 Å². The Morgan fingerprint density at radius 2 is 1.44 bits per heavy atom. The first kappa shape index (κ1) is 19.9. The number of hydroxylamine groups is 2. The Bertz CT molecular complexity index is 628. The molecule has 0 saturated carbocycles. The molecule has 139 valence electrons. The quantitative estimate of drug-likeness (QED) is 0.493. The van der Waals surface area contributed by atoms with Crippen LogP contribution in [0.25, 0.3) is 0 Å². The molecule has 0 saturated heterocycles. The summed E-state index contributed by atoms with van der Waals surface area (Å²) in [6.45, 7) is 14.2. The molecule has 0 fully saturated rings. The summed E-state index contributed by atoms with van der Waals surface area (Å²) in [5.41, 5.74) is 1.49. The molecule has 0 atom stereocenters. The van der Waals surface area contributed by atoms with Crippen molar-refractivity contribution in [3.8, 4) is 0 Å². The van der Waals surface area contributed by atoms with E-state index in [4.69, 9.17) is 0 Å². The van der Waals surface area contributed by atoms with Crippen LogP contribution in [-0.4, -0.2) is 10.6 Å². The number of fused-ring (bicyclic) bond motifs is 1.